The summed E-state index contributed by atoms with van der Waals surface area (Å²) in [5, 5.41) is 1.06. The number of carbonyl (C=O) groups excluding carboxylic acids is 1. The van der Waals surface area contributed by atoms with Gasteiger partial charge in [0.15, 0.2) is 0 Å². The Morgan fingerprint density at radius 2 is 2.00 bits per heavy atom. The van der Waals surface area contributed by atoms with Crippen LogP contribution in [0.3, 0.4) is 0 Å². The Labute approximate surface area is 166 Å². The Morgan fingerprint density at radius 3 is 2.72 bits per heavy atom. The van der Waals surface area contributed by atoms with Crippen LogP contribution >= 0.6 is 0 Å². The van der Waals surface area contributed by atoms with Gasteiger partial charge in [-0.05, 0) is 30.4 Å². The number of hydrogen-bond donors (Lipinski definition) is 1. The summed E-state index contributed by atoms with van der Waals surface area (Å²) in [4.78, 5) is 33.4. The van der Waals surface area contributed by atoms with Crippen molar-refractivity contribution in [2.75, 3.05) is 13.1 Å². The molecule has 8 heteroatoms. The van der Waals surface area contributed by atoms with E-state index in [0.29, 0.717) is 26.1 Å². The normalized spacial score (nSPS) is 15.3. The lowest BCUT2D eigenvalue weighted by molar-refractivity contribution is -0.131. The maximum absolute atomic E-state index is 12.7. The van der Waals surface area contributed by atoms with Gasteiger partial charge in [0.2, 0.25) is 5.91 Å². The van der Waals surface area contributed by atoms with Gasteiger partial charge >= 0.3 is 0 Å². The fourth-order valence-corrected chi connectivity index (χ4v) is 3.89. The Balaban J connectivity index is 1.33. The summed E-state index contributed by atoms with van der Waals surface area (Å²) in [5.41, 5.74) is 1.05. The molecule has 1 N–H and O–H groups in total. The van der Waals surface area contributed by atoms with E-state index in [0.717, 1.165) is 35.4 Å². The van der Waals surface area contributed by atoms with E-state index >= 15 is 0 Å². The van der Waals surface area contributed by atoms with E-state index < -0.39 is 17.7 Å². The number of fused-ring (bicyclic) bond motifs is 1. The second-order valence-electron chi connectivity index (χ2n) is 7.47. The van der Waals surface area contributed by atoms with Crippen molar-refractivity contribution in [3.8, 4) is 0 Å². The molecule has 2 aromatic heterocycles. The zero-order chi connectivity index (χ0) is 20.4. The van der Waals surface area contributed by atoms with E-state index in [9.17, 15) is 18.4 Å². The van der Waals surface area contributed by atoms with Crippen molar-refractivity contribution in [3.63, 3.8) is 0 Å². The van der Waals surface area contributed by atoms with Crippen LogP contribution in [0.15, 0.2) is 47.7 Å². The molecule has 1 aliphatic rings. The Kier molecular flexibility index (Phi) is 5.42. The molecule has 0 atom stereocenters. The van der Waals surface area contributed by atoms with E-state index in [-0.39, 0.29) is 11.8 Å². The fraction of sp³-hybridized carbons (Fsp3) is 0.381. The molecule has 6 nitrogen and oxygen atoms in total. The number of likely N-dealkylation sites (tertiary alicyclic amines) is 1. The van der Waals surface area contributed by atoms with Crippen LogP contribution in [0.2, 0.25) is 0 Å². The number of halogens is 2. The number of nitrogens with zero attached hydrogens (tertiary/aromatic N) is 3. The first kappa shape index (κ1) is 19.3. The fourth-order valence-electron chi connectivity index (χ4n) is 3.89. The first-order valence-electron chi connectivity index (χ1n) is 9.68. The van der Waals surface area contributed by atoms with Crippen molar-refractivity contribution in [2.24, 2.45) is 5.92 Å². The zero-order valence-corrected chi connectivity index (χ0v) is 15.9. The average Bonchev–Trinajstić information content (AvgIpc) is 3.13. The molecule has 0 spiro atoms. The van der Waals surface area contributed by atoms with Gasteiger partial charge < -0.3 is 9.88 Å². The molecule has 0 radical (unpaired) electrons. The monoisotopic (exact) mass is 400 g/mol. The summed E-state index contributed by atoms with van der Waals surface area (Å²) < 4.78 is 26.6. The number of aromatic nitrogens is 3. The number of H-pyrrole nitrogens is 1. The van der Waals surface area contributed by atoms with Crippen molar-refractivity contribution in [3.05, 3.63) is 64.5 Å². The van der Waals surface area contributed by atoms with Crippen LogP contribution in [-0.2, 0) is 17.8 Å². The van der Waals surface area contributed by atoms with Gasteiger partial charge in [-0.3, -0.25) is 14.2 Å². The topological polar surface area (TPSA) is 71.0 Å². The van der Waals surface area contributed by atoms with Crippen LogP contribution in [0.1, 0.15) is 30.5 Å². The molecule has 1 amide bonds. The molecule has 1 aliphatic heterocycles. The maximum atomic E-state index is 12.7. The van der Waals surface area contributed by atoms with Crippen molar-refractivity contribution >= 4 is 16.8 Å². The largest absolute Gasteiger partial charge is 0.361 e. The van der Waals surface area contributed by atoms with Crippen LogP contribution in [-0.4, -0.2) is 38.4 Å². The molecule has 0 aliphatic carbocycles. The highest BCUT2D eigenvalue weighted by Gasteiger charge is 2.24. The van der Waals surface area contributed by atoms with Crippen LogP contribution < -0.4 is 5.56 Å². The zero-order valence-electron chi connectivity index (χ0n) is 15.9. The Morgan fingerprint density at radius 1 is 1.24 bits per heavy atom. The van der Waals surface area contributed by atoms with Gasteiger partial charge in [0.05, 0.1) is 12.7 Å². The number of piperidine rings is 1. The predicted molar refractivity (Wildman–Crippen MR) is 105 cm³/mol. The Hall–Kier alpha value is -3.03. The lowest BCUT2D eigenvalue weighted by atomic mass is 9.96. The van der Waals surface area contributed by atoms with Crippen molar-refractivity contribution in [1.29, 1.82) is 0 Å². The first-order valence-corrected chi connectivity index (χ1v) is 9.68. The van der Waals surface area contributed by atoms with Crippen LogP contribution in [0.5, 0.6) is 0 Å². The average molecular weight is 400 g/mol. The molecular weight excluding hydrogens is 378 g/mol. The lowest BCUT2D eigenvalue weighted by Gasteiger charge is -2.32. The summed E-state index contributed by atoms with van der Waals surface area (Å²) in [6, 6.07) is 8.80. The molecule has 1 fully saturated rings. The molecule has 0 bridgehead atoms. The number of carbonyl (C=O) groups is 1. The van der Waals surface area contributed by atoms with Gasteiger partial charge in [0.1, 0.15) is 5.69 Å². The number of nitrogens with one attached hydrogen (secondary N) is 1. The standard InChI is InChI=1S/C21H22F2N4O2/c22-21(23)18-10-20(29)27(13-25-18)12-14-5-7-26(8-6-14)19(28)9-15-11-24-17-4-2-1-3-16(15)17/h1-4,10-11,13-14,21,24H,5-9,12H2. The second-order valence-corrected chi connectivity index (χ2v) is 7.47. The van der Waals surface area contributed by atoms with E-state index in [1.807, 2.05) is 35.4 Å². The molecule has 4 rings (SSSR count). The van der Waals surface area contributed by atoms with E-state index in [2.05, 4.69) is 9.97 Å². The number of benzene rings is 1. The van der Waals surface area contributed by atoms with Crippen LogP contribution in [0, 0.1) is 5.92 Å². The lowest BCUT2D eigenvalue weighted by Crippen LogP contribution is -2.40. The molecule has 1 saturated heterocycles. The number of aromatic amines is 1. The van der Waals surface area contributed by atoms with Gasteiger partial charge in [-0.25, -0.2) is 13.8 Å². The highest BCUT2D eigenvalue weighted by Crippen LogP contribution is 2.22. The molecule has 0 saturated carbocycles. The summed E-state index contributed by atoms with van der Waals surface area (Å²) in [7, 11) is 0. The molecule has 3 heterocycles. The molecular formula is C21H22F2N4O2. The SMILES string of the molecule is O=C(Cc1c[nH]c2ccccc12)N1CCC(Cn2cnc(C(F)F)cc2=O)CC1. The van der Waals surface area contributed by atoms with Gasteiger partial charge in [0.25, 0.3) is 12.0 Å². The summed E-state index contributed by atoms with van der Waals surface area (Å²) in [5.74, 6) is 0.303. The predicted octanol–water partition coefficient (Wildman–Crippen LogP) is 3.14. The number of rotatable bonds is 5. The van der Waals surface area contributed by atoms with Gasteiger partial charge in [-0.15, -0.1) is 0 Å². The van der Waals surface area contributed by atoms with E-state index in [1.165, 1.54) is 10.9 Å². The number of amides is 1. The third kappa shape index (κ3) is 4.21. The molecule has 3 aromatic rings. The van der Waals surface area contributed by atoms with Crippen molar-refractivity contribution in [2.45, 2.75) is 32.2 Å². The van der Waals surface area contributed by atoms with E-state index in [4.69, 9.17) is 0 Å². The second kappa shape index (κ2) is 8.14. The van der Waals surface area contributed by atoms with Gasteiger partial charge in [-0.1, -0.05) is 18.2 Å². The highest BCUT2D eigenvalue weighted by atomic mass is 19.3. The molecule has 0 unspecified atom stereocenters. The van der Waals surface area contributed by atoms with Gasteiger partial charge in [0, 0.05) is 42.8 Å². The quantitative estimate of drug-likeness (QED) is 0.715. The minimum atomic E-state index is -2.75. The van der Waals surface area contributed by atoms with Gasteiger partial charge in [-0.2, -0.15) is 0 Å². The smallest absolute Gasteiger partial charge is 0.280 e. The summed E-state index contributed by atoms with van der Waals surface area (Å²) in [6.45, 7) is 1.69. The van der Waals surface area contributed by atoms with Crippen molar-refractivity contribution in [1.82, 2.24) is 19.4 Å². The number of alkyl halides is 2. The highest BCUT2D eigenvalue weighted by molar-refractivity contribution is 5.88. The Bertz CT molecular complexity index is 1070. The molecule has 152 valence electrons. The molecule has 29 heavy (non-hydrogen) atoms. The first-order chi connectivity index (χ1) is 14.0. The summed E-state index contributed by atoms with van der Waals surface area (Å²) in [6.07, 6.45) is 2.22. The number of hydrogen-bond acceptors (Lipinski definition) is 3. The van der Waals surface area contributed by atoms with E-state index in [1.54, 1.807) is 0 Å². The maximum Gasteiger partial charge on any atom is 0.280 e. The van der Waals surface area contributed by atoms with Crippen LogP contribution in [0.4, 0.5) is 8.78 Å². The van der Waals surface area contributed by atoms with Crippen molar-refractivity contribution < 1.29 is 13.6 Å². The number of para-hydroxylation sites is 1. The minimum absolute atomic E-state index is 0.0910. The minimum Gasteiger partial charge on any atom is -0.361 e. The summed E-state index contributed by atoms with van der Waals surface area (Å²) >= 11 is 0. The third-order valence-corrected chi connectivity index (χ3v) is 5.56. The van der Waals surface area contributed by atoms with Crippen LogP contribution in [0.25, 0.3) is 10.9 Å². The molecule has 1 aromatic carbocycles. The third-order valence-electron chi connectivity index (χ3n) is 5.56.